The lowest BCUT2D eigenvalue weighted by Gasteiger charge is -2.12. The molecular weight excluding hydrogens is 190 g/mol. The molecule has 1 unspecified atom stereocenters. The SMILES string of the molecule is CC(N)C(=O)c1nn(C)c2c1CCCC2. The van der Waals surface area contributed by atoms with E-state index in [1.807, 2.05) is 11.7 Å². The van der Waals surface area contributed by atoms with Gasteiger partial charge >= 0.3 is 0 Å². The van der Waals surface area contributed by atoms with E-state index in [1.54, 1.807) is 6.92 Å². The molecule has 2 rings (SSSR count). The second-order valence-electron chi connectivity index (χ2n) is 4.26. The van der Waals surface area contributed by atoms with Crippen LogP contribution in [0.1, 0.15) is 41.5 Å². The molecule has 0 spiro atoms. The van der Waals surface area contributed by atoms with Crippen LogP contribution in [-0.2, 0) is 19.9 Å². The first-order valence-corrected chi connectivity index (χ1v) is 5.46. The highest BCUT2D eigenvalue weighted by molar-refractivity contribution is 5.99. The Morgan fingerprint density at radius 2 is 2.13 bits per heavy atom. The van der Waals surface area contributed by atoms with E-state index in [-0.39, 0.29) is 5.78 Å². The summed E-state index contributed by atoms with van der Waals surface area (Å²) in [6.45, 7) is 1.71. The molecule has 1 aromatic rings. The Morgan fingerprint density at radius 3 is 2.80 bits per heavy atom. The molecule has 4 heteroatoms. The van der Waals surface area contributed by atoms with Crippen LogP contribution in [0.3, 0.4) is 0 Å². The molecule has 0 saturated heterocycles. The van der Waals surface area contributed by atoms with Crippen molar-refractivity contribution in [2.45, 2.75) is 38.6 Å². The minimum atomic E-state index is -0.453. The largest absolute Gasteiger partial charge is 0.321 e. The third-order valence-corrected chi connectivity index (χ3v) is 3.01. The lowest BCUT2D eigenvalue weighted by molar-refractivity contribution is 0.0961. The Morgan fingerprint density at radius 1 is 1.47 bits per heavy atom. The summed E-state index contributed by atoms with van der Waals surface area (Å²) in [5.41, 5.74) is 8.55. The van der Waals surface area contributed by atoms with Gasteiger partial charge in [0, 0.05) is 18.3 Å². The number of ketones is 1. The monoisotopic (exact) mass is 207 g/mol. The highest BCUT2D eigenvalue weighted by Crippen LogP contribution is 2.24. The Kier molecular flexibility index (Phi) is 2.61. The van der Waals surface area contributed by atoms with Gasteiger partial charge in [-0.25, -0.2) is 0 Å². The number of fused-ring (bicyclic) bond motifs is 1. The van der Waals surface area contributed by atoms with Crippen LogP contribution in [0.4, 0.5) is 0 Å². The molecule has 82 valence electrons. The lowest BCUT2D eigenvalue weighted by atomic mass is 9.93. The zero-order valence-corrected chi connectivity index (χ0v) is 9.29. The van der Waals surface area contributed by atoms with Gasteiger partial charge in [0.1, 0.15) is 5.69 Å². The molecule has 0 aromatic carbocycles. The maximum Gasteiger partial charge on any atom is 0.199 e. The predicted molar refractivity (Wildman–Crippen MR) is 57.8 cm³/mol. The smallest absolute Gasteiger partial charge is 0.199 e. The fourth-order valence-corrected chi connectivity index (χ4v) is 2.19. The van der Waals surface area contributed by atoms with Crippen LogP contribution in [0.25, 0.3) is 0 Å². The zero-order valence-electron chi connectivity index (χ0n) is 9.29. The molecule has 0 bridgehead atoms. The number of hydrogen-bond donors (Lipinski definition) is 1. The first-order valence-electron chi connectivity index (χ1n) is 5.46. The summed E-state index contributed by atoms with van der Waals surface area (Å²) in [7, 11) is 1.90. The minimum Gasteiger partial charge on any atom is -0.321 e. The van der Waals surface area contributed by atoms with E-state index in [0.717, 1.165) is 24.8 Å². The van der Waals surface area contributed by atoms with Gasteiger partial charge in [-0.1, -0.05) is 0 Å². The van der Waals surface area contributed by atoms with Crippen molar-refractivity contribution in [3.63, 3.8) is 0 Å². The highest BCUT2D eigenvalue weighted by Gasteiger charge is 2.24. The third-order valence-electron chi connectivity index (χ3n) is 3.01. The number of hydrogen-bond acceptors (Lipinski definition) is 3. The van der Waals surface area contributed by atoms with Gasteiger partial charge in [-0.3, -0.25) is 9.48 Å². The van der Waals surface area contributed by atoms with Crippen molar-refractivity contribution in [2.24, 2.45) is 12.8 Å². The van der Waals surface area contributed by atoms with E-state index in [2.05, 4.69) is 5.10 Å². The van der Waals surface area contributed by atoms with Crippen LogP contribution in [0, 0.1) is 0 Å². The molecule has 0 aliphatic heterocycles. The maximum absolute atomic E-state index is 11.8. The van der Waals surface area contributed by atoms with E-state index in [4.69, 9.17) is 5.73 Å². The third kappa shape index (κ3) is 1.69. The van der Waals surface area contributed by atoms with Gasteiger partial charge < -0.3 is 5.73 Å². The fraction of sp³-hybridized carbons (Fsp3) is 0.636. The topological polar surface area (TPSA) is 60.9 Å². The summed E-state index contributed by atoms with van der Waals surface area (Å²) in [4.78, 5) is 11.8. The number of Topliss-reactive ketones (excluding diaryl/α,β-unsaturated/α-hetero) is 1. The number of rotatable bonds is 2. The number of carbonyl (C=O) groups excluding carboxylic acids is 1. The molecule has 1 atom stereocenters. The molecular formula is C11H17N3O. The van der Waals surface area contributed by atoms with Crippen LogP contribution in [0.5, 0.6) is 0 Å². The first kappa shape index (κ1) is 10.4. The van der Waals surface area contributed by atoms with Crippen molar-refractivity contribution >= 4 is 5.78 Å². The van der Waals surface area contributed by atoms with Crippen LogP contribution < -0.4 is 5.73 Å². The molecule has 4 nitrogen and oxygen atoms in total. The maximum atomic E-state index is 11.8. The molecule has 0 radical (unpaired) electrons. The summed E-state index contributed by atoms with van der Waals surface area (Å²) in [6, 6.07) is -0.453. The van der Waals surface area contributed by atoms with Crippen molar-refractivity contribution in [2.75, 3.05) is 0 Å². The average molecular weight is 207 g/mol. The summed E-state index contributed by atoms with van der Waals surface area (Å²) >= 11 is 0. The van der Waals surface area contributed by atoms with Crippen molar-refractivity contribution in [3.8, 4) is 0 Å². The van der Waals surface area contributed by atoms with E-state index in [0.29, 0.717) is 5.69 Å². The summed E-state index contributed by atoms with van der Waals surface area (Å²) in [5.74, 6) is -0.0336. The van der Waals surface area contributed by atoms with Gasteiger partial charge in [0.15, 0.2) is 5.78 Å². The van der Waals surface area contributed by atoms with E-state index in [1.165, 1.54) is 12.1 Å². The minimum absolute atomic E-state index is 0.0336. The number of aromatic nitrogens is 2. The number of aryl methyl sites for hydroxylation is 1. The number of carbonyl (C=O) groups is 1. The van der Waals surface area contributed by atoms with Crippen molar-refractivity contribution in [1.29, 1.82) is 0 Å². The average Bonchev–Trinajstić information content (AvgIpc) is 2.56. The van der Waals surface area contributed by atoms with Gasteiger partial charge in [0.25, 0.3) is 0 Å². The van der Waals surface area contributed by atoms with Gasteiger partial charge in [-0.2, -0.15) is 5.10 Å². The molecule has 0 amide bonds. The molecule has 2 N–H and O–H groups in total. The molecule has 15 heavy (non-hydrogen) atoms. The van der Waals surface area contributed by atoms with Crippen LogP contribution >= 0.6 is 0 Å². The lowest BCUT2D eigenvalue weighted by Crippen LogP contribution is -2.28. The van der Waals surface area contributed by atoms with Gasteiger partial charge in [-0.15, -0.1) is 0 Å². The zero-order chi connectivity index (χ0) is 11.0. The normalized spacial score (nSPS) is 17.3. The van der Waals surface area contributed by atoms with Gasteiger partial charge in [0.2, 0.25) is 0 Å². The molecule has 1 aromatic heterocycles. The Bertz CT molecular complexity index is 393. The summed E-state index contributed by atoms with van der Waals surface area (Å²) in [6.07, 6.45) is 4.35. The van der Waals surface area contributed by atoms with Gasteiger partial charge in [0.05, 0.1) is 6.04 Å². The van der Waals surface area contributed by atoms with Gasteiger partial charge in [-0.05, 0) is 32.6 Å². The van der Waals surface area contributed by atoms with Crippen molar-refractivity contribution < 1.29 is 4.79 Å². The Hall–Kier alpha value is -1.16. The van der Waals surface area contributed by atoms with E-state index >= 15 is 0 Å². The second-order valence-corrected chi connectivity index (χ2v) is 4.26. The molecule has 0 fully saturated rings. The quantitative estimate of drug-likeness (QED) is 0.731. The fourth-order valence-electron chi connectivity index (χ4n) is 2.19. The molecule has 1 heterocycles. The van der Waals surface area contributed by atoms with Crippen LogP contribution in [0.2, 0.25) is 0 Å². The Balaban J connectivity index is 2.44. The summed E-state index contributed by atoms with van der Waals surface area (Å²) < 4.78 is 1.84. The highest BCUT2D eigenvalue weighted by atomic mass is 16.1. The number of nitrogens with two attached hydrogens (primary N) is 1. The standard InChI is InChI=1S/C11H17N3O/c1-7(12)11(15)10-8-5-3-4-6-9(8)14(2)13-10/h7H,3-6,12H2,1-2H3. The molecule has 0 saturated carbocycles. The molecule has 1 aliphatic rings. The van der Waals surface area contributed by atoms with E-state index in [9.17, 15) is 4.79 Å². The van der Waals surface area contributed by atoms with Crippen LogP contribution in [0.15, 0.2) is 0 Å². The van der Waals surface area contributed by atoms with Crippen molar-refractivity contribution in [1.82, 2.24) is 9.78 Å². The Labute approximate surface area is 89.5 Å². The predicted octanol–water partition coefficient (Wildman–Crippen LogP) is 0.829. The summed E-state index contributed by atoms with van der Waals surface area (Å²) in [5, 5.41) is 4.30. The second kappa shape index (κ2) is 3.77. The van der Waals surface area contributed by atoms with Crippen molar-refractivity contribution in [3.05, 3.63) is 17.0 Å². The van der Waals surface area contributed by atoms with E-state index < -0.39 is 6.04 Å². The molecule has 1 aliphatic carbocycles. The number of nitrogens with zero attached hydrogens (tertiary/aromatic N) is 2. The van der Waals surface area contributed by atoms with Crippen LogP contribution in [-0.4, -0.2) is 21.6 Å². The first-order chi connectivity index (χ1) is 7.11.